The lowest BCUT2D eigenvalue weighted by Gasteiger charge is -2.44. The van der Waals surface area contributed by atoms with E-state index in [-0.39, 0.29) is 84.5 Å². The minimum Gasteiger partial charge on any atom is -0.503 e. The Kier molecular flexibility index (Phi) is 11.3. The summed E-state index contributed by atoms with van der Waals surface area (Å²) in [5.41, 5.74) is -2.53. The molecule has 4 aliphatic heterocycles. The zero-order valence-corrected chi connectivity index (χ0v) is 31.8. The van der Waals surface area contributed by atoms with Gasteiger partial charge in [-0.25, -0.2) is 17.6 Å². The van der Waals surface area contributed by atoms with E-state index in [0.29, 0.717) is 19.6 Å². The topological polar surface area (TPSA) is 178 Å². The molecule has 4 atom stereocenters. The highest BCUT2D eigenvalue weighted by Crippen LogP contribution is 2.31. The van der Waals surface area contributed by atoms with Gasteiger partial charge in [-0.3, -0.25) is 28.8 Å². The summed E-state index contributed by atoms with van der Waals surface area (Å²) in [6.45, 7) is 4.83. The summed E-state index contributed by atoms with van der Waals surface area (Å²) in [4.78, 5) is 78.8. The minimum atomic E-state index is -0.944. The van der Waals surface area contributed by atoms with E-state index in [1.54, 1.807) is 6.92 Å². The Bertz CT molecular complexity index is 2520. The Morgan fingerprint density at radius 3 is 1.58 bits per heavy atom. The largest absolute Gasteiger partial charge is 0.503 e. The normalized spacial score (nSPS) is 20.6. The van der Waals surface area contributed by atoms with Crippen LogP contribution in [0.3, 0.4) is 0 Å². The van der Waals surface area contributed by atoms with Crippen LogP contribution in [0.15, 0.2) is 58.4 Å². The van der Waals surface area contributed by atoms with Gasteiger partial charge in [0.05, 0.1) is 43.5 Å². The molecule has 0 radical (unpaired) electrons. The number of carbonyl (C=O) groups is 4. The molecule has 310 valence electrons. The molecule has 18 heteroatoms. The predicted octanol–water partition coefficient (Wildman–Crippen LogP) is 4.09. The van der Waals surface area contributed by atoms with Crippen LogP contribution >= 0.6 is 0 Å². The van der Waals surface area contributed by atoms with Gasteiger partial charge in [0.25, 0.3) is 11.8 Å². The molecule has 59 heavy (non-hydrogen) atoms. The van der Waals surface area contributed by atoms with Gasteiger partial charge in [-0.1, -0.05) is 12.1 Å². The Balaban J connectivity index is 0.000000179. The Morgan fingerprint density at radius 2 is 1.12 bits per heavy atom. The van der Waals surface area contributed by atoms with Crippen molar-refractivity contribution in [3.05, 3.63) is 126 Å². The average Bonchev–Trinajstić information content (AvgIpc) is 3.56. The molecule has 8 rings (SSSR count). The Hall–Kier alpha value is -6.14. The molecule has 14 nitrogen and oxygen atoms in total. The molecular weight excluding hydrogens is 784 g/mol. The number of hydrogen-bond donors (Lipinski definition) is 2. The lowest BCUT2D eigenvalue weighted by Crippen LogP contribution is -2.57. The maximum absolute atomic E-state index is 13.8. The van der Waals surface area contributed by atoms with Gasteiger partial charge in [0.15, 0.2) is 46.9 Å². The van der Waals surface area contributed by atoms with Gasteiger partial charge in [-0.15, -0.1) is 0 Å². The average molecular weight is 823 g/mol. The Labute approximate surface area is 332 Å². The van der Waals surface area contributed by atoms with Crippen molar-refractivity contribution < 1.29 is 56.4 Å². The van der Waals surface area contributed by atoms with Gasteiger partial charge in [0, 0.05) is 43.4 Å². The van der Waals surface area contributed by atoms with Crippen LogP contribution in [-0.2, 0) is 35.4 Å². The van der Waals surface area contributed by atoms with Crippen LogP contribution in [0, 0.1) is 23.3 Å². The maximum Gasteiger partial charge on any atom is 0.276 e. The molecule has 0 unspecified atom stereocenters. The van der Waals surface area contributed by atoms with Crippen molar-refractivity contribution in [3.63, 3.8) is 0 Å². The number of rotatable bonds is 8. The first-order valence-electron chi connectivity index (χ1n) is 18.8. The minimum absolute atomic E-state index is 0.0388. The fourth-order valence-corrected chi connectivity index (χ4v) is 7.75. The van der Waals surface area contributed by atoms with Crippen molar-refractivity contribution in [2.75, 3.05) is 13.2 Å². The first-order chi connectivity index (χ1) is 28.0. The first-order valence-corrected chi connectivity index (χ1v) is 18.8. The molecule has 2 amide bonds. The molecular formula is C41H38F4N4O10. The molecule has 4 aromatic rings. The van der Waals surface area contributed by atoms with Gasteiger partial charge >= 0.3 is 0 Å². The molecule has 0 saturated carbocycles. The SMILES string of the molecule is C[C@@H]1CCO[C@H]2Cn3cc(C(=O)CCc4ccc(F)cc4F)c(=O)c(O)c3C(=O)N12.C[C@H]1CO[C@@H]2Cn3cc(C(=O)CCc4ccc(F)cc4F)c(=O)c(O)c3C(=O)N12. The number of ketones is 2. The van der Waals surface area contributed by atoms with Crippen molar-refractivity contribution >= 4 is 23.4 Å². The van der Waals surface area contributed by atoms with Crippen LogP contribution in [0.2, 0.25) is 0 Å². The zero-order chi connectivity index (χ0) is 42.4. The van der Waals surface area contributed by atoms with Crippen LogP contribution in [0.25, 0.3) is 0 Å². The van der Waals surface area contributed by atoms with E-state index in [4.69, 9.17) is 9.47 Å². The number of hydrogen-bond acceptors (Lipinski definition) is 10. The van der Waals surface area contributed by atoms with E-state index >= 15 is 0 Å². The summed E-state index contributed by atoms with van der Waals surface area (Å²) in [5.74, 6) is -6.85. The van der Waals surface area contributed by atoms with Gasteiger partial charge in [-0.05, 0) is 56.4 Å². The van der Waals surface area contributed by atoms with Gasteiger partial charge in [-0.2, -0.15) is 0 Å². The molecule has 0 spiro atoms. The van der Waals surface area contributed by atoms with Gasteiger partial charge in [0.2, 0.25) is 10.9 Å². The molecule has 2 fully saturated rings. The summed E-state index contributed by atoms with van der Waals surface area (Å²) in [5, 5.41) is 20.7. The monoisotopic (exact) mass is 822 g/mol. The van der Waals surface area contributed by atoms with Crippen molar-refractivity contribution in [2.24, 2.45) is 0 Å². The van der Waals surface area contributed by atoms with E-state index in [1.807, 2.05) is 6.92 Å². The molecule has 0 aliphatic carbocycles. The molecule has 4 aliphatic rings. The third kappa shape index (κ3) is 7.76. The molecule has 2 aromatic carbocycles. The highest BCUT2D eigenvalue weighted by atomic mass is 19.1. The van der Waals surface area contributed by atoms with Crippen molar-refractivity contribution in [2.45, 2.75) is 83.6 Å². The Morgan fingerprint density at radius 1 is 0.678 bits per heavy atom. The van der Waals surface area contributed by atoms with Crippen molar-refractivity contribution in [1.29, 1.82) is 0 Å². The third-order valence-electron chi connectivity index (χ3n) is 10.9. The number of aryl methyl sites for hydroxylation is 2. The lowest BCUT2D eigenvalue weighted by atomic mass is 10.0. The number of nitrogens with zero attached hydrogens (tertiary/aromatic N) is 4. The first kappa shape index (κ1) is 41.0. The standard InChI is InChI=1S/C21H20F2N2O5.C20H18F2N2O5/c1-11-6-7-30-17-10-24-9-14(19(27)20(28)18(24)21(29)25(11)17)16(26)5-3-12-2-4-13(22)8-15(12)23;1-10-9-29-16-8-23-7-13(18(26)19(27)17(23)20(28)24(10)16)15(25)5-3-11-2-4-12(21)6-14(11)22/h2,4,8-9,11,17,28H,3,5-7,10H2,1H3;2,4,6-7,10,16,27H,3,5,8-9H2,1H3/t11-,17+;10-,16+/m10/s1. The number of pyridine rings is 2. The second-order valence-corrected chi connectivity index (χ2v) is 14.8. The molecule has 2 saturated heterocycles. The van der Waals surface area contributed by atoms with E-state index in [2.05, 4.69) is 0 Å². The second kappa shape index (κ2) is 16.2. The number of amides is 2. The molecule has 2 N–H and O–H groups in total. The number of aromatic nitrogens is 2. The van der Waals surface area contributed by atoms with Crippen LogP contribution in [-0.4, -0.2) is 90.3 Å². The number of ether oxygens (including phenoxy) is 2. The third-order valence-corrected chi connectivity index (χ3v) is 10.9. The fraction of sp³-hybridized carbons (Fsp3) is 0.366. The van der Waals surface area contributed by atoms with Crippen molar-refractivity contribution in [3.8, 4) is 11.5 Å². The number of benzene rings is 2. The quantitative estimate of drug-likeness (QED) is 0.195. The van der Waals surface area contributed by atoms with Crippen molar-refractivity contribution in [1.82, 2.24) is 18.9 Å². The van der Waals surface area contributed by atoms with Crippen LogP contribution in [0.4, 0.5) is 17.6 Å². The summed E-state index contributed by atoms with van der Waals surface area (Å²) < 4.78 is 67.5. The highest BCUT2D eigenvalue weighted by Gasteiger charge is 2.43. The van der Waals surface area contributed by atoms with Crippen LogP contribution in [0.1, 0.15) is 85.9 Å². The lowest BCUT2D eigenvalue weighted by molar-refractivity contribution is -0.112. The van der Waals surface area contributed by atoms with E-state index < -0.39 is 81.5 Å². The summed E-state index contributed by atoms with van der Waals surface area (Å²) in [6, 6.07) is 5.80. The molecule has 6 heterocycles. The zero-order valence-electron chi connectivity index (χ0n) is 31.8. The van der Waals surface area contributed by atoms with Gasteiger partial charge in [0.1, 0.15) is 23.3 Å². The number of carbonyl (C=O) groups excluding carboxylic acids is 4. The van der Waals surface area contributed by atoms with Crippen LogP contribution in [0.5, 0.6) is 11.5 Å². The van der Waals surface area contributed by atoms with E-state index in [9.17, 15) is 56.5 Å². The smallest absolute Gasteiger partial charge is 0.276 e. The summed E-state index contributed by atoms with van der Waals surface area (Å²) >= 11 is 0. The number of halogens is 4. The summed E-state index contributed by atoms with van der Waals surface area (Å²) in [6.07, 6.45) is 1.53. The number of Topliss-reactive ketones (excluding diaryl/α,β-unsaturated/α-hetero) is 2. The van der Waals surface area contributed by atoms with E-state index in [1.165, 1.54) is 43.5 Å². The number of aromatic hydroxyl groups is 2. The molecule has 0 bridgehead atoms. The summed E-state index contributed by atoms with van der Waals surface area (Å²) in [7, 11) is 0. The predicted molar refractivity (Wildman–Crippen MR) is 198 cm³/mol. The van der Waals surface area contributed by atoms with E-state index in [0.717, 1.165) is 24.3 Å². The van der Waals surface area contributed by atoms with Gasteiger partial charge < -0.3 is 38.6 Å². The second-order valence-electron chi connectivity index (χ2n) is 14.8. The number of fused-ring (bicyclic) bond motifs is 4. The fourth-order valence-electron chi connectivity index (χ4n) is 7.75. The maximum atomic E-state index is 13.8. The van der Waals surface area contributed by atoms with Crippen LogP contribution < -0.4 is 10.9 Å². The molecule has 2 aromatic heterocycles. The highest BCUT2D eigenvalue weighted by molar-refractivity contribution is 6.01.